The van der Waals surface area contributed by atoms with Gasteiger partial charge in [0.15, 0.2) is 11.5 Å². The van der Waals surface area contributed by atoms with Crippen LogP contribution in [0.3, 0.4) is 0 Å². The van der Waals surface area contributed by atoms with Crippen LogP contribution in [0.2, 0.25) is 0 Å². The second-order valence-corrected chi connectivity index (χ2v) is 8.19. The van der Waals surface area contributed by atoms with Crippen LogP contribution in [0, 0.1) is 6.92 Å². The van der Waals surface area contributed by atoms with Gasteiger partial charge < -0.3 is 19.8 Å². The Kier molecular flexibility index (Phi) is 5.64. The monoisotopic (exact) mass is 451 g/mol. The van der Waals surface area contributed by atoms with Gasteiger partial charge in [0, 0.05) is 28.4 Å². The Balaban J connectivity index is 1.61. The first-order valence-corrected chi connectivity index (χ1v) is 11.0. The fourth-order valence-corrected chi connectivity index (χ4v) is 4.13. The topological polar surface area (TPSA) is 76.2 Å². The van der Waals surface area contributed by atoms with E-state index in [-0.39, 0.29) is 5.91 Å². The Labute approximate surface area is 197 Å². The summed E-state index contributed by atoms with van der Waals surface area (Å²) in [6.07, 6.45) is 0. The van der Waals surface area contributed by atoms with Gasteiger partial charge in [-0.05, 0) is 42.8 Å². The van der Waals surface area contributed by atoms with Crippen LogP contribution in [0.5, 0.6) is 11.5 Å². The molecule has 0 atom stereocenters. The number of carbonyl (C=O) groups is 1. The molecular formula is C28H25N3O3. The third-order valence-electron chi connectivity index (χ3n) is 5.96. The summed E-state index contributed by atoms with van der Waals surface area (Å²) in [5.74, 6) is 1.00. The molecule has 0 aliphatic heterocycles. The summed E-state index contributed by atoms with van der Waals surface area (Å²) in [5, 5.41) is 4.98. The molecule has 0 aliphatic carbocycles. The molecule has 0 spiro atoms. The van der Waals surface area contributed by atoms with Crippen molar-refractivity contribution in [1.29, 1.82) is 0 Å². The number of amides is 1. The number of carbonyl (C=O) groups excluding carboxylic acids is 1. The highest BCUT2D eigenvalue weighted by Crippen LogP contribution is 2.36. The number of ether oxygens (including phenoxy) is 2. The summed E-state index contributed by atoms with van der Waals surface area (Å²) < 4.78 is 10.9. The Morgan fingerprint density at radius 1 is 0.912 bits per heavy atom. The van der Waals surface area contributed by atoms with Gasteiger partial charge in [-0.2, -0.15) is 0 Å². The average molecular weight is 452 g/mol. The molecule has 170 valence electrons. The second kappa shape index (κ2) is 8.90. The lowest BCUT2D eigenvalue weighted by Crippen LogP contribution is -2.24. The number of hydrogen-bond donors (Lipinski definition) is 2. The second-order valence-electron chi connectivity index (χ2n) is 8.19. The number of H-pyrrole nitrogens is 1. The molecule has 0 unspecified atom stereocenters. The number of aromatic nitrogens is 2. The SMILES string of the molecule is COc1ccc(-c2nc(C(=O)NCc3ccc(C)cc3)cc3c2[nH]c2ccccc23)cc1OC. The third-order valence-corrected chi connectivity index (χ3v) is 5.96. The molecule has 0 aliphatic rings. The predicted octanol–water partition coefficient (Wildman–Crippen LogP) is 5.64. The molecule has 5 aromatic rings. The van der Waals surface area contributed by atoms with Crippen molar-refractivity contribution >= 4 is 27.7 Å². The smallest absolute Gasteiger partial charge is 0.270 e. The summed E-state index contributed by atoms with van der Waals surface area (Å²) in [4.78, 5) is 21.4. The lowest BCUT2D eigenvalue weighted by molar-refractivity contribution is 0.0946. The van der Waals surface area contributed by atoms with Gasteiger partial charge in [0.2, 0.25) is 0 Å². The number of nitrogens with one attached hydrogen (secondary N) is 2. The highest BCUT2D eigenvalue weighted by Gasteiger charge is 2.18. The number of nitrogens with zero attached hydrogens (tertiary/aromatic N) is 1. The fraction of sp³-hybridized carbons (Fsp3) is 0.143. The highest BCUT2D eigenvalue weighted by atomic mass is 16.5. The van der Waals surface area contributed by atoms with Crippen molar-refractivity contribution in [2.75, 3.05) is 14.2 Å². The average Bonchev–Trinajstić information content (AvgIpc) is 3.26. The number of methoxy groups -OCH3 is 2. The van der Waals surface area contributed by atoms with Crippen molar-refractivity contribution in [1.82, 2.24) is 15.3 Å². The lowest BCUT2D eigenvalue weighted by atomic mass is 10.1. The first-order chi connectivity index (χ1) is 16.6. The molecule has 0 saturated carbocycles. The van der Waals surface area contributed by atoms with Crippen LogP contribution in [0.4, 0.5) is 0 Å². The minimum absolute atomic E-state index is 0.227. The normalized spacial score (nSPS) is 11.0. The Hall–Kier alpha value is -4.32. The lowest BCUT2D eigenvalue weighted by Gasteiger charge is -2.12. The minimum atomic E-state index is -0.227. The van der Waals surface area contributed by atoms with Gasteiger partial charge in [-0.1, -0.05) is 48.0 Å². The zero-order valence-electron chi connectivity index (χ0n) is 19.3. The summed E-state index contributed by atoms with van der Waals surface area (Å²) >= 11 is 0. The standard InChI is InChI=1S/C28H25N3O3/c1-17-8-10-18(11-9-17)16-29-28(32)23-15-21-20-6-4-5-7-22(20)30-27(21)26(31-23)19-12-13-24(33-2)25(14-19)34-3/h4-15,30H,16H2,1-3H3,(H,29,32). The number of aromatic amines is 1. The Morgan fingerprint density at radius 3 is 2.44 bits per heavy atom. The number of benzene rings is 3. The molecule has 0 radical (unpaired) electrons. The molecule has 0 saturated heterocycles. The summed E-state index contributed by atoms with van der Waals surface area (Å²) in [6, 6.07) is 23.6. The van der Waals surface area contributed by atoms with Crippen molar-refractivity contribution in [3.63, 3.8) is 0 Å². The molecule has 2 heterocycles. The van der Waals surface area contributed by atoms with Crippen LogP contribution in [0.15, 0.2) is 72.8 Å². The molecule has 1 amide bonds. The zero-order valence-corrected chi connectivity index (χ0v) is 19.3. The predicted molar refractivity (Wildman–Crippen MR) is 134 cm³/mol. The highest BCUT2D eigenvalue weighted by molar-refractivity contribution is 6.13. The first-order valence-electron chi connectivity index (χ1n) is 11.0. The Bertz CT molecular complexity index is 1500. The van der Waals surface area contributed by atoms with E-state index in [0.29, 0.717) is 29.4 Å². The van der Waals surface area contributed by atoms with E-state index >= 15 is 0 Å². The van der Waals surface area contributed by atoms with E-state index in [1.54, 1.807) is 14.2 Å². The molecule has 34 heavy (non-hydrogen) atoms. The van der Waals surface area contributed by atoms with Gasteiger partial charge in [-0.3, -0.25) is 4.79 Å². The van der Waals surface area contributed by atoms with Crippen molar-refractivity contribution in [3.8, 4) is 22.8 Å². The van der Waals surface area contributed by atoms with Crippen molar-refractivity contribution in [3.05, 3.63) is 89.6 Å². The molecule has 2 N–H and O–H groups in total. The Morgan fingerprint density at radius 2 is 1.68 bits per heavy atom. The van der Waals surface area contributed by atoms with Gasteiger partial charge in [-0.15, -0.1) is 0 Å². The molecule has 5 rings (SSSR count). The molecule has 2 aromatic heterocycles. The zero-order chi connectivity index (χ0) is 23.7. The summed E-state index contributed by atoms with van der Waals surface area (Å²) in [6.45, 7) is 2.47. The van der Waals surface area contributed by atoms with Crippen molar-refractivity contribution in [2.24, 2.45) is 0 Å². The van der Waals surface area contributed by atoms with Gasteiger partial charge >= 0.3 is 0 Å². The number of hydrogen-bond acceptors (Lipinski definition) is 4. The molecule has 3 aromatic carbocycles. The number of aryl methyl sites for hydroxylation is 1. The summed E-state index contributed by atoms with van der Waals surface area (Å²) in [5.41, 5.74) is 5.92. The van der Waals surface area contributed by atoms with E-state index in [1.807, 2.05) is 79.7 Å². The molecule has 6 nitrogen and oxygen atoms in total. The van der Waals surface area contributed by atoms with E-state index in [1.165, 1.54) is 5.56 Å². The maximum atomic E-state index is 13.2. The van der Waals surface area contributed by atoms with E-state index < -0.39 is 0 Å². The quantitative estimate of drug-likeness (QED) is 0.350. The van der Waals surface area contributed by atoms with Gasteiger partial charge in [-0.25, -0.2) is 4.98 Å². The maximum Gasteiger partial charge on any atom is 0.270 e. The van der Waals surface area contributed by atoms with Gasteiger partial charge in [0.25, 0.3) is 5.91 Å². The van der Waals surface area contributed by atoms with Crippen LogP contribution < -0.4 is 14.8 Å². The molecular weight excluding hydrogens is 426 g/mol. The van der Waals surface area contributed by atoms with Gasteiger partial charge in [0.05, 0.1) is 25.4 Å². The van der Waals surface area contributed by atoms with Crippen LogP contribution >= 0.6 is 0 Å². The van der Waals surface area contributed by atoms with Crippen LogP contribution in [0.25, 0.3) is 33.1 Å². The van der Waals surface area contributed by atoms with Gasteiger partial charge in [0.1, 0.15) is 5.69 Å². The molecule has 0 fully saturated rings. The number of pyridine rings is 1. The maximum absolute atomic E-state index is 13.2. The van der Waals surface area contributed by atoms with E-state index in [9.17, 15) is 4.79 Å². The van der Waals surface area contributed by atoms with Crippen LogP contribution in [-0.4, -0.2) is 30.1 Å². The largest absolute Gasteiger partial charge is 0.493 e. The van der Waals surface area contributed by atoms with E-state index in [4.69, 9.17) is 14.5 Å². The van der Waals surface area contributed by atoms with E-state index in [2.05, 4.69) is 10.3 Å². The minimum Gasteiger partial charge on any atom is -0.493 e. The number of fused-ring (bicyclic) bond motifs is 3. The molecule has 0 bridgehead atoms. The molecule has 6 heteroatoms. The van der Waals surface area contributed by atoms with Crippen LogP contribution in [-0.2, 0) is 6.54 Å². The van der Waals surface area contributed by atoms with Crippen LogP contribution in [0.1, 0.15) is 21.6 Å². The van der Waals surface area contributed by atoms with Crippen molar-refractivity contribution in [2.45, 2.75) is 13.5 Å². The third kappa shape index (κ3) is 3.94. The number of rotatable bonds is 6. The van der Waals surface area contributed by atoms with E-state index in [0.717, 1.165) is 32.9 Å². The summed E-state index contributed by atoms with van der Waals surface area (Å²) in [7, 11) is 3.20. The fourth-order valence-electron chi connectivity index (χ4n) is 4.13. The first kappa shape index (κ1) is 21.5. The number of para-hydroxylation sites is 1. The van der Waals surface area contributed by atoms with Crippen molar-refractivity contribution < 1.29 is 14.3 Å².